The van der Waals surface area contributed by atoms with E-state index >= 15 is 0 Å². The van der Waals surface area contributed by atoms with Gasteiger partial charge in [0.15, 0.2) is 4.75 Å². The average molecular weight is 428 g/mol. The molecule has 2 aliphatic rings. The minimum atomic E-state index is -3.97. The largest absolute Gasteiger partial charge is 0.381 e. The van der Waals surface area contributed by atoms with Gasteiger partial charge in [0.2, 0.25) is 16.0 Å². The van der Waals surface area contributed by atoms with Crippen molar-refractivity contribution in [2.75, 3.05) is 44.3 Å². The quantitative estimate of drug-likeness (QED) is 0.471. The Morgan fingerprint density at radius 1 is 1.21 bits per heavy atom. The third-order valence-electron chi connectivity index (χ3n) is 5.68. The zero-order valence-corrected chi connectivity index (χ0v) is 17.5. The van der Waals surface area contributed by atoms with Gasteiger partial charge in [0, 0.05) is 64.6 Å². The Bertz CT molecular complexity index is 787. The Kier molecular flexibility index (Phi) is 7.04. The molecule has 162 valence electrons. The maximum atomic E-state index is 13.3. The number of rotatable bonds is 7. The van der Waals surface area contributed by atoms with Crippen molar-refractivity contribution in [1.82, 2.24) is 19.8 Å². The van der Waals surface area contributed by atoms with Crippen molar-refractivity contribution in [3.63, 3.8) is 0 Å². The first kappa shape index (κ1) is 21.9. The number of carbonyl (C=O) groups is 1. The molecule has 2 N–H and O–H groups in total. The summed E-state index contributed by atoms with van der Waals surface area (Å²) in [6.07, 6.45) is 6.83. The van der Waals surface area contributed by atoms with Crippen LogP contribution in [-0.2, 0) is 26.0 Å². The van der Waals surface area contributed by atoms with E-state index in [0.717, 1.165) is 24.8 Å². The zero-order chi connectivity index (χ0) is 20.9. The second-order valence-electron chi connectivity index (χ2n) is 7.43. The molecule has 0 radical (unpaired) electrons. The highest BCUT2D eigenvalue weighted by Gasteiger charge is 2.54. The van der Waals surface area contributed by atoms with Crippen molar-refractivity contribution in [2.45, 2.75) is 43.8 Å². The molecule has 0 aromatic carbocycles. The van der Waals surface area contributed by atoms with E-state index in [1.165, 1.54) is 4.31 Å². The molecule has 1 amide bonds. The molecule has 0 unspecified atom stereocenters. The van der Waals surface area contributed by atoms with Gasteiger partial charge in [0.05, 0.1) is 0 Å². The Balaban J connectivity index is 1.68. The van der Waals surface area contributed by atoms with Crippen LogP contribution in [0.25, 0.3) is 0 Å². The highest BCUT2D eigenvalue weighted by atomic mass is 32.2. The summed E-state index contributed by atoms with van der Waals surface area (Å²) in [5, 5.41) is 9.13. The number of nitrogens with zero attached hydrogens (tertiary/aromatic N) is 4. The maximum absolute atomic E-state index is 13.3. The zero-order valence-electron chi connectivity index (χ0n) is 16.7. The average Bonchev–Trinajstić information content (AvgIpc) is 2.78. The first-order valence-electron chi connectivity index (χ1n) is 10.0. The molecular weight excluding hydrogens is 398 g/mol. The fraction of sp³-hybridized carbons (Fsp3) is 0.722. The van der Waals surface area contributed by atoms with Gasteiger partial charge in [-0.05, 0) is 18.4 Å². The van der Waals surface area contributed by atoms with Gasteiger partial charge in [-0.3, -0.25) is 10.0 Å². The molecule has 0 aliphatic carbocycles. The van der Waals surface area contributed by atoms with Crippen LogP contribution in [0.3, 0.4) is 0 Å². The Morgan fingerprint density at radius 2 is 1.83 bits per heavy atom. The molecule has 2 aliphatic heterocycles. The van der Waals surface area contributed by atoms with E-state index in [1.807, 2.05) is 17.3 Å². The highest BCUT2D eigenvalue weighted by molar-refractivity contribution is 7.91. The van der Waals surface area contributed by atoms with Gasteiger partial charge < -0.3 is 9.64 Å². The number of piperazine rings is 1. The number of hydrogen-bond donors (Lipinski definition) is 2. The monoisotopic (exact) mass is 427 g/mol. The predicted octanol–water partition coefficient (Wildman–Crippen LogP) is 0.326. The van der Waals surface area contributed by atoms with Gasteiger partial charge in [-0.1, -0.05) is 13.3 Å². The van der Waals surface area contributed by atoms with Crippen LogP contribution in [0.4, 0.5) is 5.95 Å². The third-order valence-corrected chi connectivity index (χ3v) is 8.31. The Morgan fingerprint density at radius 3 is 2.38 bits per heavy atom. The van der Waals surface area contributed by atoms with Gasteiger partial charge in [-0.15, -0.1) is 0 Å². The Labute approximate surface area is 171 Å². The van der Waals surface area contributed by atoms with Crippen LogP contribution in [0.15, 0.2) is 12.4 Å². The summed E-state index contributed by atoms with van der Waals surface area (Å²) in [4.78, 5) is 23.1. The number of hydroxylamine groups is 1. The van der Waals surface area contributed by atoms with E-state index < -0.39 is 20.7 Å². The summed E-state index contributed by atoms with van der Waals surface area (Å²) >= 11 is 0. The standard InChI is InChI=1S/C18H29N5O5S/c1-2-3-4-15-13-19-17(20-14-15)22-7-9-23(10-8-22)29(26,27)18(16(24)21-25)5-11-28-12-6-18/h13-14,25H,2-12H2,1H3,(H,21,24). The van der Waals surface area contributed by atoms with Crippen LogP contribution in [-0.4, -0.2) is 77.9 Å². The minimum Gasteiger partial charge on any atom is -0.381 e. The lowest BCUT2D eigenvalue weighted by atomic mass is 9.98. The lowest BCUT2D eigenvalue weighted by Gasteiger charge is -2.41. The number of unbranched alkanes of at least 4 members (excludes halogenated alkanes) is 1. The number of sulfonamides is 1. The van der Waals surface area contributed by atoms with Crippen LogP contribution >= 0.6 is 0 Å². The van der Waals surface area contributed by atoms with Gasteiger partial charge in [-0.2, -0.15) is 4.31 Å². The SMILES string of the molecule is CCCCc1cnc(N2CCN(S(=O)(=O)C3(C(=O)NO)CCOCC3)CC2)nc1. The fourth-order valence-electron chi connectivity index (χ4n) is 3.80. The van der Waals surface area contributed by atoms with Gasteiger partial charge >= 0.3 is 0 Å². The molecule has 3 heterocycles. The highest BCUT2D eigenvalue weighted by Crippen LogP contribution is 2.33. The number of hydrogen-bond acceptors (Lipinski definition) is 8. The van der Waals surface area contributed by atoms with Crippen molar-refractivity contribution in [3.8, 4) is 0 Å². The molecule has 10 nitrogen and oxygen atoms in total. The molecule has 1 aromatic rings. The first-order chi connectivity index (χ1) is 13.9. The Hall–Kier alpha value is -1.82. The first-order valence-corrected chi connectivity index (χ1v) is 11.5. The predicted molar refractivity (Wildman–Crippen MR) is 106 cm³/mol. The molecule has 3 rings (SSSR count). The number of ether oxygens (including phenoxy) is 1. The van der Waals surface area contributed by atoms with E-state index in [4.69, 9.17) is 9.94 Å². The second-order valence-corrected chi connectivity index (χ2v) is 9.68. The summed E-state index contributed by atoms with van der Waals surface area (Å²) in [6.45, 7) is 3.77. The molecule has 0 saturated carbocycles. The number of nitrogens with one attached hydrogen (secondary N) is 1. The molecule has 0 atom stereocenters. The smallest absolute Gasteiger partial charge is 0.266 e. The van der Waals surface area contributed by atoms with E-state index in [-0.39, 0.29) is 39.1 Å². The van der Waals surface area contributed by atoms with E-state index in [9.17, 15) is 13.2 Å². The van der Waals surface area contributed by atoms with Crippen molar-refractivity contribution in [3.05, 3.63) is 18.0 Å². The molecule has 0 bridgehead atoms. The lowest BCUT2D eigenvalue weighted by molar-refractivity contribution is -0.134. The van der Waals surface area contributed by atoms with Crippen LogP contribution in [0.5, 0.6) is 0 Å². The lowest BCUT2D eigenvalue weighted by Crippen LogP contribution is -2.62. The van der Waals surface area contributed by atoms with E-state index in [1.54, 1.807) is 5.48 Å². The minimum absolute atomic E-state index is 0.0181. The van der Waals surface area contributed by atoms with Crippen molar-refractivity contribution in [2.24, 2.45) is 0 Å². The molecule has 2 fully saturated rings. The molecular formula is C18H29N5O5S. The van der Waals surface area contributed by atoms with Crippen molar-refractivity contribution in [1.29, 1.82) is 0 Å². The second kappa shape index (κ2) is 9.33. The van der Waals surface area contributed by atoms with Gasteiger partial charge in [0.25, 0.3) is 5.91 Å². The normalized spacial score (nSPS) is 20.4. The number of aromatic nitrogens is 2. The number of aryl methyl sites for hydroxylation is 1. The third kappa shape index (κ3) is 4.37. The summed E-state index contributed by atoms with van der Waals surface area (Å²) in [5.41, 5.74) is 2.64. The summed E-state index contributed by atoms with van der Waals surface area (Å²) in [5.74, 6) is -0.314. The topological polar surface area (TPSA) is 125 Å². The van der Waals surface area contributed by atoms with E-state index in [2.05, 4.69) is 16.9 Å². The van der Waals surface area contributed by atoms with E-state index in [0.29, 0.717) is 19.0 Å². The van der Waals surface area contributed by atoms with Crippen LogP contribution < -0.4 is 10.4 Å². The van der Waals surface area contributed by atoms with Crippen LogP contribution in [0.2, 0.25) is 0 Å². The van der Waals surface area contributed by atoms with Crippen LogP contribution in [0.1, 0.15) is 38.2 Å². The molecule has 11 heteroatoms. The van der Waals surface area contributed by atoms with Crippen molar-refractivity contribution < 1.29 is 23.2 Å². The van der Waals surface area contributed by atoms with Crippen LogP contribution in [0, 0.1) is 0 Å². The van der Waals surface area contributed by atoms with Crippen molar-refractivity contribution >= 4 is 21.9 Å². The van der Waals surface area contributed by atoms with Gasteiger partial charge in [-0.25, -0.2) is 23.9 Å². The fourth-order valence-corrected chi connectivity index (χ4v) is 5.90. The number of anilines is 1. The maximum Gasteiger partial charge on any atom is 0.266 e. The molecule has 2 saturated heterocycles. The number of carbonyl (C=O) groups excluding carboxylic acids is 1. The molecule has 1 aromatic heterocycles. The van der Waals surface area contributed by atoms with Gasteiger partial charge in [0.1, 0.15) is 0 Å². The summed E-state index contributed by atoms with van der Waals surface area (Å²) < 4.78 is 31.5. The summed E-state index contributed by atoms with van der Waals surface area (Å²) in [7, 11) is -3.97. The molecule has 0 spiro atoms. The summed E-state index contributed by atoms with van der Waals surface area (Å²) in [6, 6.07) is 0. The number of amides is 1. The molecule has 29 heavy (non-hydrogen) atoms.